The monoisotopic (exact) mass is 112 g/mol. The van der Waals surface area contributed by atoms with Crippen molar-refractivity contribution in [2.45, 2.75) is 25.7 Å². The number of rotatable bonds is 0. The lowest BCUT2D eigenvalue weighted by molar-refractivity contribution is 0.235. The van der Waals surface area contributed by atoms with E-state index in [1.54, 1.807) is 0 Å². The summed E-state index contributed by atoms with van der Waals surface area (Å²) in [6.07, 6.45) is 8.99. The molecule has 0 saturated heterocycles. The molecule has 0 N–H and O–H groups in total. The summed E-state index contributed by atoms with van der Waals surface area (Å²) in [6.45, 7) is 0.913. The van der Waals surface area contributed by atoms with E-state index in [0.717, 1.165) is 6.61 Å². The fourth-order valence-corrected chi connectivity index (χ4v) is 0.828. The number of ether oxygens (including phenoxy) is 1. The van der Waals surface area contributed by atoms with Crippen molar-refractivity contribution in [2.24, 2.45) is 0 Å². The highest BCUT2D eigenvalue weighted by molar-refractivity contribution is 4.74. The number of allylic oxidation sites excluding steroid dienone is 1. The Labute approximate surface area is 50.3 Å². The molecular formula is C7H12O. The quantitative estimate of drug-likeness (QED) is 0.466. The van der Waals surface area contributed by atoms with E-state index in [4.69, 9.17) is 4.74 Å². The smallest absolute Gasteiger partial charge is 0.0873 e. The SMILES string of the molecule is C1=COCCCCC1. The van der Waals surface area contributed by atoms with Gasteiger partial charge in [-0.15, -0.1) is 0 Å². The Hall–Kier alpha value is -0.460. The number of hydrogen-bond donors (Lipinski definition) is 0. The average molecular weight is 112 g/mol. The summed E-state index contributed by atoms with van der Waals surface area (Å²) < 4.78 is 5.09. The molecule has 1 aliphatic heterocycles. The topological polar surface area (TPSA) is 9.23 Å². The second-order valence-corrected chi connectivity index (χ2v) is 2.09. The molecule has 0 amide bonds. The fraction of sp³-hybridized carbons (Fsp3) is 0.714. The van der Waals surface area contributed by atoms with E-state index in [-0.39, 0.29) is 0 Å². The third-order valence-electron chi connectivity index (χ3n) is 1.33. The summed E-state index contributed by atoms with van der Waals surface area (Å²) in [5.74, 6) is 0. The largest absolute Gasteiger partial charge is 0.502 e. The van der Waals surface area contributed by atoms with Crippen LogP contribution in [0.3, 0.4) is 0 Å². The van der Waals surface area contributed by atoms with Crippen LogP contribution in [0.1, 0.15) is 25.7 Å². The molecule has 8 heavy (non-hydrogen) atoms. The van der Waals surface area contributed by atoms with Crippen LogP contribution in [-0.4, -0.2) is 6.61 Å². The second-order valence-electron chi connectivity index (χ2n) is 2.09. The summed E-state index contributed by atoms with van der Waals surface area (Å²) in [7, 11) is 0. The molecule has 1 rings (SSSR count). The molecule has 0 atom stereocenters. The van der Waals surface area contributed by atoms with E-state index in [1.807, 2.05) is 6.26 Å². The van der Waals surface area contributed by atoms with E-state index in [9.17, 15) is 0 Å². The van der Waals surface area contributed by atoms with E-state index in [2.05, 4.69) is 6.08 Å². The van der Waals surface area contributed by atoms with Crippen LogP contribution in [0.25, 0.3) is 0 Å². The molecule has 0 aliphatic carbocycles. The van der Waals surface area contributed by atoms with Crippen LogP contribution in [0.4, 0.5) is 0 Å². The maximum Gasteiger partial charge on any atom is 0.0873 e. The third kappa shape index (κ3) is 2.01. The molecule has 0 bridgehead atoms. The van der Waals surface area contributed by atoms with Gasteiger partial charge in [0.2, 0.25) is 0 Å². The Kier molecular flexibility index (Phi) is 2.50. The van der Waals surface area contributed by atoms with Crippen molar-refractivity contribution in [1.29, 1.82) is 0 Å². The maximum atomic E-state index is 5.09. The maximum absolute atomic E-state index is 5.09. The first-order valence-corrected chi connectivity index (χ1v) is 3.27. The minimum Gasteiger partial charge on any atom is -0.502 e. The molecule has 1 heterocycles. The average Bonchev–Trinajstić information content (AvgIpc) is 1.62. The normalized spacial score (nSPS) is 21.0. The molecule has 46 valence electrons. The van der Waals surface area contributed by atoms with Crippen LogP contribution in [0, 0.1) is 0 Å². The molecule has 0 radical (unpaired) electrons. The van der Waals surface area contributed by atoms with Crippen LogP contribution < -0.4 is 0 Å². The molecule has 0 spiro atoms. The summed E-state index contributed by atoms with van der Waals surface area (Å²) in [5.41, 5.74) is 0. The van der Waals surface area contributed by atoms with Gasteiger partial charge in [0, 0.05) is 0 Å². The van der Waals surface area contributed by atoms with Crippen LogP contribution in [-0.2, 0) is 4.74 Å². The van der Waals surface area contributed by atoms with Crippen molar-refractivity contribution in [1.82, 2.24) is 0 Å². The number of hydrogen-bond acceptors (Lipinski definition) is 1. The Morgan fingerprint density at radius 2 is 2.12 bits per heavy atom. The first-order valence-electron chi connectivity index (χ1n) is 3.27. The zero-order valence-corrected chi connectivity index (χ0v) is 5.10. The molecular weight excluding hydrogens is 100 g/mol. The van der Waals surface area contributed by atoms with Gasteiger partial charge in [-0.05, 0) is 31.8 Å². The van der Waals surface area contributed by atoms with Crippen molar-refractivity contribution in [2.75, 3.05) is 6.61 Å². The highest BCUT2D eigenvalue weighted by atomic mass is 16.5. The van der Waals surface area contributed by atoms with Gasteiger partial charge in [-0.1, -0.05) is 0 Å². The highest BCUT2D eigenvalue weighted by Gasteiger charge is 1.89. The molecule has 1 nitrogen and oxygen atoms in total. The lowest BCUT2D eigenvalue weighted by Gasteiger charge is -2.02. The van der Waals surface area contributed by atoms with Gasteiger partial charge in [0.1, 0.15) is 0 Å². The minimum absolute atomic E-state index is 0.913. The summed E-state index contributed by atoms with van der Waals surface area (Å²) >= 11 is 0. The predicted molar refractivity (Wildman–Crippen MR) is 33.6 cm³/mol. The molecule has 0 aromatic heterocycles. The van der Waals surface area contributed by atoms with Crippen LogP contribution >= 0.6 is 0 Å². The van der Waals surface area contributed by atoms with Gasteiger partial charge in [-0.25, -0.2) is 0 Å². The first-order chi connectivity index (χ1) is 4.00. The van der Waals surface area contributed by atoms with E-state index in [1.165, 1.54) is 25.7 Å². The summed E-state index contributed by atoms with van der Waals surface area (Å²) in [4.78, 5) is 0. The Balaban J connectivity index is 2.17. The predicted octanol–water partition coefficient (Wildman–Crippen LogP) is 2.09. The zero-order valence-electron chi connectivity index (χ0n) is 5.10. The first kappa shape index (κ1) is 5.67. The van der Waals surface area contributed by atoms with Crippen molar-refractivity contribution in [3.05, 3.63) is 12.3 Å². The van der Waals surface area contributed by atoms with Gasteiger partial charge in [-0.3, -0.25) is 0 Å². The highest BCUT2D eigenvalue weighted by Crippen LogP contribution is 2.04. The van der Waals surface area contributed by atoms with Crippen LogP contribution in [0.2, 0.25) is 0 Å². The van der Waals surface area contributed by atoms with E-state index in [0.29, 0.717) is 0 Å². The summed E-state index contributed by atoms with van der Waals surface area (Å²) in [5, 5.41) is 0. The lowest BCUT2D eigenvalue weighted by atomic mass is 10.2. The third-order valence-corrected chi connectivity index (χ3v) is 1.33. The van der Waals surface area contributed by atoms with Gasteiger partial charge in [0.25, 0.3) is 0 Å². The molecule has 1 aliphatic rings. The molecule has 0 aromatic carbocycles. The molecule has 0 fully saturated rings. The van der Waals surface area contributed by atoms with Crippen molar-refractivity contribution < 1.29 is 4.74 Å². The van der Waals surface area contributed by atoms with Gasteiger partial charge in [0.15, 0.2) is 0 Å². The molecule has 0 saturated carbocycles. The zero-order chi connectivity index (χ0) is 5.66. The van der Waals surface area contributed by atoms with Crippen molar-refractivity contribution >= 4 is 0 Å². The van der Waals surface area contributed by atoms with Gasteiger partial charge in [0.05, 0.1) is 12.9 Å². The Morgan fingerprint density at radius 1 is 1.12 bits per heavy atom. The van der Waals surface area contributed by atoms with Crippen molar-refractivity contribution in [3.63, 3.8) is 0 Å². The van der Waals surface area contributed by atoms with Gasteiger partial charge < -0.3 is 4.74 Å². The second kappa shape index (κ2) is 3.53. The van der Waals surface area contributed by atoms with E-state index >= 15 is 0 Å². The fourth-order valence-electron chi connectivity index (χ4n) is 0.828. The molecule has 0 aromatic rings. The van der Waals surface area contributed by atoms with Crippen LogP contribution in [0.15, 0.2) is 12.3 Å². The Bertz CT molecular complexity index is 66.5. The Morgan fingerprint density at radius 3 is 3.12 bits per heavy atom. The van der Waals surface area contributed by atoms with Crippen LogP contribution in [0.5, 0.6) is 0 Å². The lowest BCUT2D eigenvalue weighted by Crippen LogP contribution is -1.90. The van der Waals surface area contributed by atoms with Crippen molar-refractivity contribution in [3.8, 4) is 0 Å². The minimum atomic E-state index is 0.913. The van der Waals surface area contributed by atoms with Gasteiger partial charge in [-0.2, -0.15) is 0 Å². The molecule has 0 unspecified atom stereocenters. The van der Waals surface area contributed by atoms with E-state index < -0.39 is 0 Å². The summed E-state index contributed by atoms with van der Waals surface area (Å²) in [6, 6.07) is 0. The standard InChI is InChI=1S/C7H12O/c1-2-4-6-8-7-5-3-1/h4,6H,1-3,5,7H2. The molecule has 1 heteroatoms. The van der Waals surface area contributed by atoms with Gasteiger partial charge >= 0.3 is 0 Å².